The molecule has 0 aliphatic heterocycles. The van der Waals surface area contributed by atoms with Gasteiger partial charge in [-0.25, -0.2) is 4.98 Å². The Hall–Kier alpha value is -5.36. The molecule has 0 bridgehead atoms. The Balaban J connectivity index is 1.59. The van der Waals surface area contributed by atoms with E-state index in [0.717, 1.165) is 33.7 Å². The number of phenolic OH excluding ortho intramolecular Hbond substituents is 2. The van der Waals surface area contributed by atoms with Gasteiger partial charge in [-0.05, 0) is 60.7 Å². The first kappa shape index (κ1) is 23.1. The Morgan fingerprint density at radius 3 is 2.11 bits per heavy atom. The van der Waals surface area contributed by atoms with E-state index in [1.54, 1.807) is 36.5 Å². The van der Waals surface area contributed by atoms with Gasteiger partial charge in [0.25, 0.3) is 0 Å². The number of hydrogen-bond acceptors (Lipinski definition) is 5. The number of aromatic hydroxyl groups is 2. The summed E-state index contributed by atoms with van der Waals surface area (Å²) in [4.78, 5) is 9.56. The molecule has 0 atom stereocenters. The summed E-state index contributed by atoms with van der Waals surface area (Å²) in [7, 11) is 0. The van der Waals surface area contributed by atoms with E-state index in [4.69, 9.17) is 4.98 Å². The number of nitrogens with one attached hydrogen (secondary N) is 1. The summed E-state index contributed by atoms with van der Waals surface area (Å²) in [6, 6.07) is 38.0. The minimum atomic E-state index is 0.110. The van der Waals surface area contributed by atoms with Crippen LogP contribution >= 0.6 is 0 Å². The third-order valence-electron chi connectivity index (χ3n) is 6.26. The zero-order valence-electron chi connectivity index (χ0n) is 20.4. The Kier molecular flexibility index (Phi) is 6.04. The van der Waals surface area contributed by atoms with E-state index in [1.165, 1.54) is 0 Å². The molecule has 6 rings (SSSR count). The highest BCUT2D eigenvalue weighted by Gasteiger charge is 2.19. The fourth-order valence-electron chi connectivity index (χ4n) is 4.43. The monoisotopic (exact) mass is 496 g/mol. The van der Waals surface area contributed by atoms with Gasteiger partial charge in [-0.2, -0.15) is 0 Å². The van der Waals surface area contributed by atoms with E-state index >= 15 is 0 Å². The van der Waals surface area contributed by atoms with Gasteiger partial charge in [0.05, 0.1) is 16.6 Å². The van der Waals surface area contributed by atoms with Crippen molar-refractivity contribution in [2.24, 2.45) is 4.99 Å². The van der Waals surface area contributed by atoms with Gasteiger partial charge in [0.2, 0.25) is 0 Å². The lowest BCUT2D eigenvalue weighted by atomic mass is 10.1. The van der Waals surface area contributed by atoms with E-state index in [-0.39, 0.29) is 11.5 Å². The molecule has 0 aliphatic carbocycles. The summed E-state index contributed by atoms with van der Waals surface area (Å²) in [5.41, 5.74) is 6.18. The van der Waals surface area contributed by atoms with Crippen LogP contribution in [0.25, 0.3) is 28.1 Å². The van der Waals surface area contributed by atoms with Crippen LogP contribution in [0.15, 0.2) is 126 Å². The molecule has 0 spiro atoms. The number of phenols is 2. The molecule has 0 amide bonds. The van der Waals surface area contributed by atoms with Crippen LogP contribution in [0.1, 0.15) is 5.56 Å². The lowest BCUT2D eigenvalue weighted by Crippen LogP contribution is -1.99. The quantitative estimate of drug-likeness (QED) is 0.207. The van der Waals surface area contributed by atoms with Crippen molar-refractivity contribution in [1.82, 2.24) is 9.55 Å². The number of hydrogen-bond donors (Lipinski definition) is 3. The van der Waals surface area contributed by atoms with E-state index in [9.17, 15) is 10.2 Å². The third-order valence-corrected chi connectivity index (χ3v) is 6.26. The molecule has 6 aromatic rings. The van der Waals surface area contributed by atoms with Crippen molar-refractivity contribution in [3.63, 3.8) is 0 Å². The summed E-state index contributed by atoms with van der Waals surface area (Å²) >= 11 is 0. The second-order valence-corrected chi connectivity index (χ2v) is 8.79. The highest BCUT2D eigenvalue weighted by atomic mass is 16.3. The highest BCUT2D eigenvalue weighted by Crippen LogP contribution is 2.36. The lowest BCUT2D eigenvalue weighted by molar-refractivity contribution is 0.476. The third kappa shape index (κ3) is 4.47. The van der Waals surface area contributed by atoms with Crippen LogP contribution in [0.5, 0.6) is 11.5 Å². The van der Waals surface area contributed by atoms with Crippen molar-refractivity contribution < 1.29 is 10.2 Å². The largest absolute Gasteiger partial charge is 0.507 e. The van der Waals surface area contributed by atoms with Crippen molar-refractivity contribution in [2.45, 2.75) is 0 Å². The molecule has 184 valence electrons. The maximum absolute atomic E-state index is 10.7. The van der Waals surface area contributed by atoms with Gasteiger partial charge in [0, 0.05) is 28.8 Å². The molecule has 0 saturated heterocycles. The summed E-state index contributed by atoms with van der Waals surface area (Å²) in [5, 5.41) is 24.4. The van der Waals surface area contributed by atoms with E-state index in [1.807, 2.05) is 95.6 Å². The zero-order valence-corrected chi connectivity index (χ0v) is 20.4. The molecule has 0 aliphatic rings. The number of para-hydroxylation sites is 5. The van der Waals surface area contributed by atoms with Crippen LogP contribution in [-0.2, 0) is 0 Å². The van der Waals surface area contributed by atoms with Gasteiger partial charge in [-0.3, -0.25) is 9.56 Å². The summed E-state index contributed by atoms with van der Waals surface area (Å²) < 4.78 is 2.04. The minimum absolute atomic E-state index is 0.110. The number of fused-ring (bicyclic) bond motifs is 1. The molecule has 0 saturated carbocycles. The second kappa shape index (κ2) is 9.95. The average molecular weight is 497 g/mol. The lowest BCUT2D eigenvalue weighted by Gasteiger charge is -2.13. The molecule has 5 aromatic carbocycles. The number of anilines is 2. The summed E-state index contributed by atoms with van der Waals surface area (Å²) in [6.45, 7) is 0. The number of aromatic nitrogens is 2. The molecule has 0 fully saturated rings. The predicted octanol–water partition coefficient (Wildman–Crippen LogP) is 7.60. The molecule has 38 heavy (non-hydrogen) atoms. The maximum Gasteiger partial charge on any atom is 0.149 e. The summed E-state index contributed by atoms with van der Waals surface area (Å²) in [6.07, 6.45) is 1.74. The second-order valence-electron chi connectivity index (χ2n) is 8.79. The Morgan fingerprint density at radius 2 is 1.37 bits per heavy atom. The smallest absolute Gasteiger partial charge is 0.149 e. The van der Waals surface area contributed by atoms with E-state index in [2.05, 4.69) is 10.3 Å². The van der Waals surface area contributed by atoms with Crippen molar-refractivity contribution in [1.29, 1.82) is 0 Å². The molecule has 1 aromatic heterocycles. The van der Waals surface area contributed by atoms with E-state index < -0.39 is 0 Å². The highest BCUT2D eigenvalue weighted by molar-refractivity contribution is 5.98. The number of aliphatic imine (C=N–C) groups is 1. The van der Waals surface area contributed by atoms with Crippen LogP contribution in [0.3, 0.4) is 0 Å². The molecule has 3 N–H and O–H groups in total. The number of rotatable bonds is 6. The first-order valence-electron chi connectivity index (χ1n) is 12.2. The Bertz CT molecular complexity index is 1760. The average Bonchev–Trinajstić information content (AvgIpc) is 3.31. The zero-order chi connectivity index (χ0) is 25.9. The van der Waals surface area contributed by atoms with Crippen molar-refractivity contribution >= 4 is 34.3 Å². The number of nitrogens with zero attached hydrogens (tertiary/aromatic N) is 3. The fourth-order valence-corrected chi connectivity index (χ4v) is 4.43. The molecule has 6 nitrogen and oxygen atoms in total. The van der Waals surface area contributed by atoms with Gasteiger partial charge in [0.1, 0.15) is 23.0 Å². The Labute approximate surface area is 219 Å². The number of benzene rings is 5. The molecular weight excluding hydrogens is 472 g/mol. The molecular formula is C32H24N4O2. The fraction of sp³-hybridized carbons (Fsp3) is 0. The van der Waals surface area contributed by atoms with Crippen LogP contribution in [-0.4, -0.2) is 26.0 Å². The minimum Gasteiger partial charge on any atom is -0.507 e. The van der Waals surface area contributed by atoms with Gasteiger partial charge in [0.15, 0.2) is 0 Å². The summed E-state index contributed by atoms with van der Waals surface area (Å²) in [5.74, 6) is 0.896. The standard InChI is InChI=1S/C32H24N4O2/c37-30-17-9-7-15-25(30)32-35-28-20-27(34-23-11-3-1-4-12-23)22(21-33-26-16-8-10-18-31(26)38)19-29(28)36(32)24-13-5-2-6-14-24/h1-21,34,37-38H. The van der Waals surface area contributed by atoms with E-state index in [0.29, 0.717) is 17.1 Å². The molecule has 0 radical (unpaired) electrons. The van der Waals surface area contributed by atoms with Crippen LogP contribution in [0, 0.1) is 0 Å². The topological polar surface area (TPSA) is 82.7 Å². The first-order chi connectivity index (χ1) is 18.7. The van der Waals surface area contributed by atoms with Crippen LogP contribution in [0.2, 0.25) is 0 Å². The molecule has 0 unspecified atom stereocenters. The Morgan fingerprint density at radius 1 is 0.711 bits per heavy atom. The van der Waals surface area contributed by atoms with Crippen LogP contribution in [0.4, 0.5) is 17.1 Å². The van der Waals surface area contributed by atoms with Crippen molar-refractivity contribution in [3.05, 3.63) is 127 Å². The first-order valence-corrected chi connectivity index (χ1v) is 12.2. The predicted molar refractivity (Wildman–Crippen MR) is 153 cm³/mol. The molecule has 6 heteroatoms. The molecule has 1 heterocycles. The van der Waals surface area contributed by atoms with Gasteiger partial charge in [-0.1, -0.05) is 60.7 Å². The van der Waals surface area contributed by atoms with Gasteiger partial charge >= 0.3 is 0 Å². The van der Waals surface area contributed by atoms with Crippen molar-refractivity contribution in [2.75, 3.05) is 5.32 Å². The van der Waals surface area contributed by atoms with Gasteiger partial charge in [-0.15, -0.1) is 0 Å². The number of imidazole rings is 1. The van der Waals surface area contributed by atoms with Crippen LogP contribution < -0.4 is 5.32 Å². The maximum atomic E-state index is 10.7. The van der Waals surface area contributed by atoms with Crippen molar-refractivity contribution in [3.8, 4) is 28.6 Å². The normalized spacial score (nSPS) is 11.3. The van der Waals surface area contributed by atoms with Gasteiger partial charge < -0.3 is 15.5 Å². The SMILES string of the molecule is Oc1ccccc1N=Cc1cc2c(cc1Nc1ccccc1)nc(-c1ccccc1O)n2-c1ccccc1.